The average molecular weight is 939 g/mol. The molecule has 1 aromatic carbocycles. The van der Waals surface area contributed by atoms with Crippen molar-refractivity contribution in [3.05, 3.63) is 71.6 Å². The van der Waals surface area contributed by atoms with Crippen molar-refractivity contribution < 1.29 is 38.1 Å². The molecule has 2 saturated heterocycles. The number of carbonyl (C=O) groups excluding carboxylic acids is 3. The highest BCUT2D eigenvalue weighted by Gasteiger charge is 2.30. The van der Waals surface area contributed by atoms with E-state index in [0.717, 1.165) is 43.9 Å². The quantitative estimate of drug-likeness (QED) is 0.0291. The van der Waals surface area contributed by atoms with Gasteiger partial charge in [-0.25, -0.2) is 9.97 Å². The molecule has 2 fully saturated rings. The van der Waals surface area contributed by atoms with Crippen LogP contribution in [0.1, 0.15) is 39.4 Å². The maximum absolute atomic E-state index is 13.7. The van der Waals surface area contributed by atoms with Crippen LogP contribution in [0.2, 0.25) is 0 Å². The predicted molar refractivity (Wildman–Crippen MR) is 229 cm³/mol. The number of piperazine rings is 1. The number of rotatable bonds is 22. The largest absolute Gasteiger partial charge is 0.494 e. The number of aromatic amines is 1. The smallest absolute Gasteiger partial charge is 0.295 e. The number of likely N-dealkylation sites (tertiary alicyclic amines) is 1. The maximum atomic E-state index is 13.7. The molecule has 4 aromatic rings. The summed E-state index contributed by atoms with van der Waals surface area (Å²) in [7, 11) is 1.45. The van der Waals surface area contributed by atoms with Gasteiger partial charge in [0, 0.05) is 65.1 Å². The highest BCUT2D eigenvalue weighted by Crippen LogP contribution is 2.32. The number of piperidine rings is 1. The second-order valence-electron chi connectivity index (χ2n) is 14.0. The molecule has 2 aliphatic rings. The zero-order valence-corrected chi connectivity index (χ0v) is 35.9. The molecule has 0 saturated carbocycles. The van der Waals surface area contributed by atoms with Crippen LogP contribution in [0.4, 0.5) is 0 Å². The lowest BCUT2D eigenvalue weighted by Crippen LogP contribution is -2.49. The number of H-pyrrole nitrogens is 1. The maximum Gasteiger partial charge on any atom is 0.295 e. The third-order valence-corrected chi connectivity index (χ3v) is 10.8. The fraction of sp³-hybridized carbons (Fsp3) is 0.488. The van der Waals surface area contributed by atoms with Crippen LogP contribution in [0.5, 0.6) is 5.75 Å². The van der Waals surface area contributed by atoms with E-state index < -0.39 is 17.6 Å². The zero-order valence-electron chi connectivity index (χ0n) is 33.8. The van der Waals surface area contributed by atoms with Crippen molar-refractivity contribution in [2.24, 2.45) is 0 Å². The van der Waals surface area contributed by atoms with E-state index in [0.29, 0.717) is 106 Å². The fourth-order valence-electron chi connectivity index (χ4n) is 7.07. The molecule has 0 aliphatic carbocycles. The number of nitrogens with zero attached hydrogens (tertiary/aromatic N) is 8. The van der Waals surface area contributed by atoms with Crippen LogP contribution in [-0.2, 0) is 23.7 Å². The minimum atomic E-state index is -0.703. The Bertz CT molecular complexity index is 2100. The molecule has 0 unspecified atom stereocenters. The van der Waals surface area contributed by atoms with Gasteiger partial charge in [-0.1, -0.05) is 52.9 Å². The number of pyridine rings is 1. The number of carbonyl (C=O) groups is 3. The standard InChI is InChI=1S/C41H51IN10O8/c1-56-34-27-46-39(36-35(34)33(26-45-36)37(53)41(55)51-10-7-31(8-11-51)32(25-43)30-5-3-2-4-6-30)52-29-47-38(48-52)40(54)44-9-12-49-13-15-50(16-14-49)17-18-57-19-20-58-21-22-59-23-24-60-28-42/h2-6,26-27,29,45H,7-24,28H2,1H3,(H,44,54). The van der Waals surface area contributed by atoms with Crippen LogP contribution in [0.15, 0.2) is 54.6 Å². The minimum Gasteiger partial charge on any atom is -0.494 e. The number of Topliss-reactive ketones (excluding diaryl/α,β-unsaturated/α-hetero) is 1. The molecule has 18 nitrogen and oxygen atoms in total. The molecule has 2 amide bonds. The Morgan fingerprint density at radius 2 is 1.52 bits per heavy atom. The number of hydrogen-bond acceptors (Lipinski definition) is 14. The molecule has 0 atom stereocenters. The second kappa shape index (κ2) is 23.3. The number of methoxy groups -OCH3 is 1. The number of amides is 2. The van der Waals surface area contributed by atoms with Crippen molar-refractivity contribution in [2.75, 3.05) is 117 Å². The first-order chi connectivity index (χ1) is 29.4. The molecule has 2 N–H and O–H groups in total. The average Bonchev–Trinajstić information content (AvgIpc) is 3.97. The summed E-state index contributed by atoms with van der Waals surface area (Å²) in [6.07, 6.45) is 5.25. The molecule has 0 spiro atoms. The van der Waals surface area contributed by atoms with Crippen LogP contribution >= 0.6 is 22.6 Å². The molecule has 5 heterocycles. The van der Waals surface area contributed by atoms with Crippen molar-refractivity contribution in [1.82, 2.24) is 44.7 Å². The number of alkyl halides is 1. The van der Waals surface area contributed by atoms with E-state index in [2.05, 4.69) is 63.8 Å². The monoisotopic (exact) mass is 938 g/mol. The highest BCUT2D eigenvalue weighted by molar-refractivity contribution is 14.1. The van der Waals surface area contributed by atoms with Gasteiger partial charge in [-0.05, 0) is 24.0 Å². The van der Waals surface area contributed by atoms with Crippen molar-refractivity contribution in [3.8, 4) is 17.6 Å². The number of ether oxygens (including phenoxy) is 5. The normalized spacial score (nSPS) is 14.9. The summed E-state index contributed by atoms with van der Waals surface area (Å²) in [5, 5.41) is 17.5. The molecular weight excluding hydrogens is 887 g/mol. The Balaban J connectivity index is 0.942. The third kappa shape index (κ3) is 11.9. The van der Waals surface area contributed by atoms with Gasteiger partial charge in [0.15, 0.2) is 5.82 Å². The summed E-state index contributed by atoms with van der Waals surface area (Å²) >= 11 is 2.16. The van der Waals surface area contributed by atoms with Crippen molar-refractivity contribution >= 4 is 56.7 Å². The summed E-state index contributed by atoms with van der Waals surface area (Å²) in [5.41, 5.74) is 2.92. The van der Waals surface area contributed by atoms with Gasteiger partial charge in [0.2, 0.25) is 5.82 Å². The highest BCUT2D eigenvalue weighted by atomic mass is 127. The second-order valence-corrected chi connectivity index (χ2v) is 14.6. The molecule has 2 aliphatic heterocycles. The fourth-order valence-corrected chi connectivity index (χ4v) is 7.38. The minimum absolute atomic E-state index is 0.0371. The number of fused-ring (bicyclic) bond motifs is 1. The van der Waals surface area contributed by atoms with E-state index in [4.69, 9.17) is 23.7 Å². The van der Waals surface area contributed by atoms with E-state index in [9.17, 15) is 19.6 Å². The number of nitrogens with one attached hydrogen (secondary N) is 2. The number of benzene rings is 1. The van der Waals surface area contributed by atoms with Crippen LogP contribution in [0.3, 0.4) is 0 Å². The molecule has 0 bridgehead atoms. The Morgan fingerprint density at radius 3 is 2.17 bits per heavy atom. The van der Waals surface area contributed by atoms with Crippen molar-refractivity contribution in [1.29, 1.82) is 5.26 Å². The third-order valence-electron chi connectivity index (χ3n) is 10.3. The number of halogens is 1. The van der Waals surface area contributed by atoms with E-state index in [1.807, 2.05) is 30.3 Å². The molecule has 0 radical (unpaired) electrons. The number of hydrogen-bond donors (Lipinski definition) is 2. The number of nitriles is 1. The lowest BCUT2D eigenvalue weighted by molar-refractivity contribution is -0.126. The number of aromatic nitrogens is 5. The topological polar surface area (TPSA) is 202 Å². The predicted octanol–water partition coefficient (Wildman–Crippen LogP) is 2.74. The molecule has 320 valence electrons. The lowest BCUT2D eigenvalue weighted by atomic mass is 9.93. The SMILES string of the molecule is COc1cnc(-n2cnc(C(=O)NCCN3CCN(CCOCCOCCOCCOCI)CC3)n2)c2[nH]cc(C(=O)C(=O)N3CCC(=C(C#N)c4ccccc4)CC3)c12. The zero-order chi connectivity index (χ0) is 42.1. The first kappa shape index (κ1) is 44.7. The van der Waals surface area contributed by atoms with Crippen molar-refractivity contribution in [3.63, 3.8) is 0 Å². The first-order valence-corrected chi connectivity index (χ1v) is 21.5. The van der Waals surface area contributed by atoms with Gasteiger partial charge in [0.05, 0.1) is 92.3 Å². The Kier molecular flexibility index (Phi) is 17.3. The van der Waals surface area contributed by atoms with Gasteiger partial charge in [0.1, 0.15) is 12.1 Å². The van der Waals surface area contributed by atoms with Crippen LogP contribution < -0.4 is 10.1 Å². The van der Waals surface area contributed by atoms with Crippen LogP contribution in [-0.4, -0.2) is 174 Å². The Morgan fingerprint density at radius 1 is 0.867 bits per heavy atom. The van der Waals surface area contributed by atoms with E-state index in [1.54, 1.807) is 0 Å². The number of allylic oxidation sites excluding steroid dienone is 1. The van der Waals surface area contributed by atoms with Crippen molar-refractivity contribution in [2.45, 2.75) is 12.8 Å². The van der Waals surface area contributed by atoms with Gasteiger partial charge < -0.3 is 38.9 Å². The first-order valence-electron chi connectivity index (χ1n) is 20.0. The molecule has 6 rings (SSSR count). The van der Waals surface area contributed by atoms with E-state index >= 15 is 0 Å². The summed E-state index contributed by atoms with van der Waals surface area (Å²) in [6, 6.07) is 11.8. The lowest BCUT2D eigenvalue weighted by Gasteiger charge is -2.34. The van der Waals surface area contributed by atoms with Gasteiger partial charge in [-0.3, -0.25) is 24.2 Å². The molecule has 19 heteroatoms. The van der Waals surface area contributed by atoms with Gasteiger partial charge in [-0.2, -0.15) is 9.94 Å². The summed E-state index contributed by atoms with van der Waals surface area (Å²) in [5.74, 6) is -1.26. The van der Waals surface area contributed by atoms with Crippen LogP contribution in [0.25, 0.3) is 22.3 Å². The Hall–Kier alpha value is -4.82. The van der Waals surface area contributed by atoms with Gasteiger partial charge >= 0.3 is 0 Å². The summed E-state index contributed by atoms with van der Waals surface area (Å²) < 4.78 is 29.5. The summed E-state index contributed by atoms with van der Waals surface area (Å²) in [6.45, 7) is 10.2. The molecule has 60 heavy (non-hydrogen) atoms. The van der Waals surface area contributed by atoms with Gasteiger partial charge in [-0.15, -0.1) is 5.10 Å². The number of ketones is 1. The van der Waals surface area contributed by atoms with Crippen LogP contribution in [0, 0.1) is 11.3 Å². The molecular formula is C41H51IN10O8. The van der Waals surface area contributed by atoms with E-state index in [1.165, 1.54) is 35.4 Å². The molecule has 3 aromatic heterocycles. The Labute approximate surface area is 362 Å². The van der Waals surface area contributed by atoms with Gasteiger partial charge in [0.25, 0.3) is 17.6 Å². The summed E-state index contributed by atoms with van der Waals surface area (Å²) in [4.78, 5) is 58.2. The van der Waals surface area contributed by atoms with E-state index in [-0.39, 0.29) is 23.0 Å².